The molecule has 0 unspecified atom stereocenters. The summed E-state index contributed by atoms with van der Waals surface area (Å²) in [5, 5.41) is 9.61. The van der Waals surface area contributed by atoms with Crippen LogP contribution in [0.5, 0.6) is 5.75 Å². The van der Waals surface area contributed by atoms with Gasteiger partial charge in [0.05, 0.1) is 5.56 Å². The minimum absolute atomic E-state index is 0.152. The normalized spacial score (nSPS) is 16.8. The Morgan fingerprint density at radius 2 is 2.06 bits per heavy atom. The molecular weight excluding hydrogens is 234 g/mol. The smallest absolute Gasteiger partial charge is 0.259 e. The molecule has 0 atom stereocenters. The first kappa shape index (κ1) is 12.6. The fourth-order valence-corrected chi connectivity index (χ4v) is 2.07. The maximum atomic E-state index is 12.2. The molecule has 2 N–H and O–H groups in total. The second kappa shape index (κ2) is 5.22. The van der Waals surface area contributed by atoms with Gasteiger partial charge in [-0.25, -0.2) is 0 Å². The van der Waals surface area contributed by atoms with Crippen molar-refractivity contribution in [3.8, 4) is 5.75 Å². The summed E-state index contributed by atoms with van der Waals surface area (Å²) in [5.74, 6) is -0.499. The van der Waals surface area contributed by atoms with Gasteiger partial charge in [0.2, 0.25) is 0 Å². The number of nitrogens with one attached hydrogen (secondary N) is 1. The molecule has 98 valence electrons. The number of pyridine rings is 1. The number of rotatable bonds is 2. The number of H-pyrrole nitrogens is 1. The number of hydrogen-bond donors (Lipinski definition) is 2. The highest BCUT2D eigenvalue weighted by molar-refractivity contribution is 5.96. The molecular formula is C12H17N3O3. The predicted molar refractivity (Wildman–Crippen MR) is 66.7 cm³/mol. The second-order valence-corrected chi connectivity index (χ2v) is 4.32. The average molecular weight is 251 g/mol. The van der Waals surface area contributed by atoms with E-state index in [1.165, 1.54) is 6.20 Å². The molecule has 2 rings (SSSR count). The molecule has 1 amide bonds. The summed E-state index contributed by atoms with van der Waals surface area (Å²) in [7, 11) is 0. The van der Waals surface area contributed by atoms with Crippen molar-refractivity contribution in [2.45, 2.75) is 6.92 Å². The average Bonchev–Trinajstić information content (AvgIpc) is 2.38. The Balaban J connectivity index is 2.10. The molecule has 18 heavy (non-hydrogen) atoms. The Labute approximate surface area is 105 Å². The van der Waals surface area contributed by atoms with Gasteiger partial charge in [-0.1, -0.05) is 6.92 Å². The number of aromatic nitrogens is 1. The summed E-state index contributed by atoms with van der Waals surface area (Å²) < 4.78 is 0. The van der Waals surface area contributed by atoms with Crippen molar-refractivity contribution in [2.75, 3.05) is 32.7 Å². The first-order chi connectivity index (χ1) is 8.61. The first-order valence-electron chi connectivity index (χ1n) is 6.05. The highest BCUT2D eigenvalue weighted by Gasteiger charge is 2.23. The lowest BCUT2D eigenvalue weighted by atomic mass is 10.2. The van der Waals surface area contributed by atoms with Gasteiger partial charge in [-0.15, -0.1) is 0 Å². The van der Waals surface area contributed by atoms with E-state index < -0.39 is 5.56 Å². The van der Waals surface area contributed by atoms with Crippen LogP contribution in [0.3, 0.4) is 0 Å². The summed E-state index contributed by atoms with van der Waals surface area (Å²) in [6.45, 7) is 6.03. The first-order valence-corrected chi connectivity index (χ1v) is 6.05. The number of aromatic hydroxyl groups is 1. The number of nitrogens with zero attached hydrogens (tertiary/aromatic N) is 2. The lowest BCUT2D eigenvalue weighted by Crippen LogP contribution is -2.48. The fraction of sp³-hybridized carbons (Fsp3) is 0.500. The Morgan fingerprint density at radius 3 is 2.61 bits per heavy atom. The number of piperazine rings is 1. The summed E-state index contributed by atoms with van der Waals surface area (Å²) in [6.07, 6.45) is 1.27. The summed E-state index contributed by atoms with van der Waals surface area (Å²) in [6, 6.07) is 1.02. The number of carbonyl (C=O) groups excluding carboxylic acids is 1. The van der Waals surface area contributed by atoms with E-state index in [4.69, 9.17) is 0 Å². The van der Waals surface area contributed by atoms with Gasteiger partial charge in [-0.05, 0) is 6.54 Å². The summed E-state index contributed by atoms with van der Waals surface area (Å²) >= 11 is 0. The van der Waals surface area contributed by atoms with Crippen LogP contribution in [-0.2, 0) is 0 Å². The van der Waals surface area contributed by atoms with E-state index in [-0.39, 0.29) is 17.2 Å². The van der Waals surface area contributed by atoms with Crippen molar-refractivity contribution in [3.63, 3.8) is 0 Å². The van der Waals surface area contributed by atoms with E-state index in [1.54, 1.807) is 4.90 Å². The van der Waals surface area contributed by atoms with E-state index in [2.05, 4.69) is 16.8 Å². The molecule has 1 aromatic heterocycles. The molecule has 0 aliphatic carbocycles. The van der Waals surface area contributed by atoms with Gasteiger partial charge in [0.1, 0.15) is 5.75 Å². The Bertz CT molecular complexity index is 490. The quantitative estimate of drug-likeness (QED) is 0.767. The van der Waals surface area contributed by atoms with Gasteiger partial charge in [0.25, 0.3) is 11.5 Å². The highest BCUT2D eigenvalue weighted by atomic mass is 16.3. The fourth-order valence-electron chi connectivity index (χ4n) is 2.07. The van der Waals surface area contributed by atoms with Gasteiger partial charge < -0.3 is 19.9 Å². The van der Waals surface area contributed by atoms with E-state index in [0.717, 1.165) is 25.7 Å². The largest absolute Gasteiger partial charge is 0.507 e. The lowest BCUT2D eigenvalue weighted by Gasteiger charge is -2.34. The molecule has 6 heteroatoms. The van der Waals surface area contributed by atoms with E-state index in [0.29, 0.717) is 13.1 Å². The van der Waals surface area contributed by atoms with Crippen molar-refractivity contribution in [1.82, 2.24) is 14.8 Å². The van der Waals surface area contributed by atoms with Crippen LogP contribution in [0.25, 0.3) is 0 Å². The topological polar surface area (TPSA) is 76.6 Å². The van der Waals surface area contributed by atoms with Crippen molar-refractivity contribution in [2.24, 2.45) is 0 Å². The van der Waals surface area contributed by atoms with Crippen molar-refractivity contribution in [1.29, 1.82) is 0 Å². The second-order valence-electron chi connectivity index (χ2n) is 4.32. The number of amides is 1. The number of aromatic amines is 1. The molecule has 0 bridgehead atoms. The minimum Gasteiger partial charge on any atom is -0.507 e. The maximum Gasteiger partial charge on any atom is 0.259 e. The third kappa shape index (κ3) is 2.53. The zero-order valence-electron chi connectivity index (χ0n) is 10.3. The molecule has 0 radical (unpaired) electrons. The lowest BCUT2D eigenvalue weighted by molar-refractivity contribution is 0.0640. The van der Waals surface area contributed by atoms with Crippen LogP contribution in [0.2, 0.25) is 0 Å². The van der Waals surface area contributed by atoms with Gasteiger partial charge >= 0.3 is 0 Å². The van der Waals surface area contributed by atoms with E-state index in [9.17, 15) is 14.7 Å². The molecule has 6 nitrogen and oxygen atoms in total. The number of hydrogen-bond acceptors (Lipinski definition) is 4. The zero-order chi connectivity index (χ0) is 13.1. The van der Waals surface area contributed by atoms with Crippen LogP contribution < -0.4 is 5.56 Å². The van der Waals surface area contributed by atoms with Crippen LogP contribution in [-0.4, -0.2) is 58.5 Å². The van der Waals surface area contributed by atoms with Gasteiger partial charge in [0, 0.05) is 38.4 Å². The predicted octanol–water partition coefficient (Wildman–Crippen LogP) is -0.142. The minimum atomic E-state index is -0.417. The molecule has 0 spiro atoms. The molecule has 1 saturated heterocycles. The SMILES string of the molecule is CCN1CCN(C(=O)c2c[nH]c(=O)cc2O)CC1. The Hall–Kier alpha value is -1.82. The molecule has 2 heterocycles. The third-order valence-corrected chi connectivity index (χ3v) is 3.24. The van der Waals surface area contributed by atoms with Gasteiger partial charge in [-0.3, -0.25) is 9.59 Å². The molecule has 1 fully saturated rings. The van der Waals surface area contributed by atoms with Crippen LogP contribution in [0, 0.1) is 0 Å². The standard InChI is InChI=1S/C12H17N3O3/c1-2-14-3-5-15(6-4-14)12(18)9-8-13-11(17)7-10(9)16/h7-8H,2-6H2,1H3,(H2,13,16,17). The van der Waals surface area contributed by atoms with Gasteiger partial charge in [0.15, 0.2) is 0 Å². The van der Waals surface area contributed by atoms with Gasteiger partial charge in [-0.2, -0.15) is 0 Å². The Morgan fingerprint density at radius 1 is 1.39 bits per heavy atom. The van der Waals surface area contributed by atoms with Crippen molar-refractivity contribution in [3.05, 3.63) is 28.2 Å². The van der Waals surface area contributed by atoms with Crippen LogP contribution in [0.4, 0.5) is 0 Å². The van der Waals surface area contributed by atoms with Crippen LogP contribution >= 0.6 is 0 Å². The molecule has 1 aromatic rings. The summed E-state index contributed by atoms with van der Waals surface area (Å²) in [5.41, 5.74) is -0.264. The zero-order valence-corrected chi connectivity index (χ0v) is 10.3. The van der Waals surface area contributed by atoms with E-state index >= 15 is 0 Å². The third-order valence-electron chi connectivity index (χ3n) is 3.24. The monoisotopic (exact) mass is 251 g/mol. The molecule has 0 aromatic carbocycles. The maximum absolute atomic E-state index is 12.2. The Kier molecular flexibility index (Phi) is 3.66. The summed E-state index contributed by atoms with van der Waals surface area (Å²) in [4.78, 5) is 29.5. The number of likely N-dealkylation sites (N-methyl/N-ethyl adjacent to an activating group) is 1. The van der Waals surface area contributed by atoms with Crippen molar-refractivity contribution < 1.29 is 9.90 Å². The van der Waals surface area contributed by atoms with Crippen LogP contribution in [0.1, 0.15) is 17.3 Å². The molecule has 0 saturated carbocycles. The molecule has 1 aliphatic rings. The number of carbonyl (C=O) groups is 1. The molecule has 1 aliphatic heterocycles. The van der Waals surface area contributed by atoms with Crippen LogP contribution in [0.15, 0.2) is 17.1 Å². The highest BCUT2D eigenvalue weighted by Crippen LogP contribution is 2.16. The van der Waals surface area contributed by atoms with Crippen molar-refractivity contribution >= 4 is 5.91 Å². The van der Waals surface area contributed by atoms with E-state index in [1.807, 2.05) is 0 Å².